The number of carbonyl (C=O) groups excluding carboxylic acids is 2. The lowest BCUT2D eigenvalue weighted by Gasteiger charge is -2.19. The van der Waals surface area contributed by atoms with E-state index in [0.717, 1.165) is 69.3 Å². The number of nitrogens with zero attached hydrogens (tertiary/aromatic N) is 2. The molecule has 0 radical (unpaired) electrons. The zero-order chi connectivity index (χ0) is 41.9. The second kappa shape index (κ2) is 20.6. The van der Waals surface area contributed by atoms with Gasteiger partial charge in [0.25, 0.3) is 0 Å². The third-order valence-electron chi connectivity index (χ3n) is 12.2. The zero-order valence-corrected chi connectivity index (χ0v) is 36.1. The minimum absolute atomic E-state index is 0.0165. The molecule has 3 aromatic rings. The molecule has 0 saturated heterocycles. The first-order chi connectivity index (χ1) is 27.9. The lowest BCUT2D eigenvalue weighted by molar-refractivity contribution is -0.130. The molecule has 2 atom stereocenters. The summed E-state index contributed by atoms with van der Waals surface area (Å²) in [5.74, 6) is -1.78. The van der Waals surface area contributed by atoms with Crippen LogP contribution in [0.4, 0.5) is 0 Å². The Morgan fingerprint density at radius 1 is 0.793 bits per heavy atom. The monoisotopic (exact) mass is 791 g/mol. The number of carbonyl (C=O) groups is 3. The fourth-order valence-corrected chi connectivity index (χ4v) is 8.73. The third-order valence-corrected chi connectivity index (χ3v) is 12.2. The lowest BCUT2D eigenvalue weighted by atomic mass is 9.84. The Labute approximate surface area is 344 Å². The number of aliphatic carboxylic acids is 1. The predicted octanol–water partition coefficient (Wildman–Crippen LogP) is 10.5. The Morgan fingerprint density at radius 3 is 2.09 bits per heavy atom. The number of hydrogen-bond donors (Lipinski definition) is 5. The second-order valence-electron chi connectivity index (χ2n) is 16.2. The summed E-state index contributed by atoms with van der Waals surface area (Å²) in [6.45, 7) is 19.4. The van der Waals surface area contributed by atoms with Crippen LogP contribution in [0.2, 0.25) is 0 Å². The van der Waals surface area contributed by atoms with Crippen LogP contribution < -0.4 is 10.6 Å². The Balaban J connectivity index is 1.58. The molecule has 0 unspecified atom stereocenters. The molecule has 3 aromatic heterocycles. The summed E-state index contributed by atoms with van der Waals surface area (Å²) in [5.41, 5.74) is 11.0. The van der Waals surface area contributed by atoms with Crippen LogP contribution in [0, 0.1) is 13.8 Å². The maximum absolute atomic E-state index is 13.5. The van der Waals surface area contributed by atoms with Gasteiger partial charge in [0.1, 0.15) is 0 Å². The van der Waals surface area contributed by atoms with Gasteiger partial charge in [-0.2, -0.15) is 0 Å². The number of carboxylic acid groups (broad SMARTS) is 1. The van der Waals surface area contributed by atoms with E-state index < -0.39 is 5.97 Å². The molecule has 8 bridgehead atoms. The molecule has 0 aliphatic carbocycles. The van der Waals surface area contributed by atoms with Crippen LogP contribution in [0.15, 0.2) is 24.8 Å². The second-order valence-corrected chi connectivity index (χ2v) is 16.2. The van der Waals surface area contributed by atoms with Gasteiger partial charge in [-0.25, -0.2) is 9.78 Å². The maximum Gasteiger partial charge on any atom is 0.338 e. The number of fused-ring (bicyclic) bond motifs is 8. The maximum atomic E-state index is 13.5. The van der Waals surface area contributed by atoms with Crippen molar-refractivity contribution in [3.63, 3.8) is 0 Å². The molecule has 10 nitrogen and oxygen atoms in total. The molecule has 5 rings (SSSR count). The van der Waals surface area contributed by atoms with Gasteiger partial charge in [0, 0.05) is 70.2 Å². The van der Waals surface area contributed by atoms with Crippen molar-refractivity contribution < 1.29 is 19.5 Å². The molecule has 312 valence electrons. The summed E-state index contributed by atoms with van der Waals surface area (Å²) in [4.78, 5) is 57.5. The topological polar surface area (TPSA) is 153 Å². The quantitative estimate of drug-likeness (QED) is 0.0718. The van der Waals surface area contributed by atoms with Crippen molar-refractivity contribution in [3.8, 4) is 0 Å². The van der Waals surface area contributed by atoms with Gasteiger partial charge in [-0.3, -0.25) is 14.6 Å². The van der Waals surface area contributed by atoms with Crippen molar-refractivity contribution in [1.82, 2.24) is 30.6 Å². The van der Waals surface area contributed by atoms with Crippen LogP contribution in [0.5, 0.6) is 0 Å². The largest absolute Gasteiger partial charge is 0.478 e. The fourth-order valence-electron chi connectivity index (χ4n) is 8.73. The average Bonchev–Trinajstić information content (AvgIpc) is 3.88. The average molecular weight is 791 g/mol. The number of aromatic nitrogens is 4. The molecule has 0 spiro atoms. The van der Waals surface area contributed by atoms with Crippen LogP contribution >= 0.6 is 0 Å². The number of aromatic amines is 2. The number of allylic oxidation sites excluding steroid dienone is 1. The van der Waals surface area contributed by atoms with Crippen molar-refractivity contribution in [1.29, 1.82) is 0 Å². The standard InChI is InChI=1S/C48H66N6O4/c1-9-13-14-15-16-17-18-19-20-21-24-50-43(55)23-22-35-31(7)39-26-37-29(5)33(10-2)41(51-37)27-38-30(6)34(11-3)42(52-38)28-40-32(8)45(48(57)58)47(54-40)36(46(35)53-39)25-44(56)49-12-4/h10,26-28,31,35,51-52H,2,9,11-25H2,1,3-8H3,(H,49,56)(H,50,55)(H,57,58)/t31-,35-/m0/s1. The highest BCUT2D eigenvalue weighted by Crippen LogP contribution is 2.44. The van der Waals surface area contributed by atoms with Gasteiger partial charge in [-0.1, -0.05) is 91.2 Å². The van der Waals surface area contributed by atoms with E-state index in [2.05, 4.69) is 73.9 Å². The van der Waals surface area contributed by atoms with Crippen LogP contribution in [-0.2, 0) is 27.2 Å². The first kappa shape index (κ1) is 44.1. The Bertz CT molecular complexity index is 2190. The van der Waals surface area contributed by atoms with Gasteiger partial charge in [-0.15, -0.1) is 0 Å². The van der Waals surface area contributed by atoms with E-state index in [0.29, 0.717) is 42.0 Å². The summed E-state index contributed by atoms with van der Waals surface area (Å²) in [5, 5.41) is 16.8. The van der Waals surface area contributed by atoms with Crippen molar-refractivity contribution in [2.24, 2.45) is 0 Å². The van der Waals surface area contributed by atoms with E-state index in [1.54, 1.807) is 6.92 Å². The molecule has 0 saturated carbocycles. The summed E-state index contributed by atoms with van der Waals surface area (Å²) in [6, 6.07) is 6.08. The predicted molar refractivity (Wildman–Crippen MR) is 238 cm³/mol. The first-order valence-electron chi connectivity index (χ1n) is 21.8. The Morgan fingerprint density at radius 2 is 1.45 bits per heavy atom. The number of amides is 2. The Kier molecular flexibility index (Phi) is 15.7. The minimum Gasteiger partial charge on any atom is -0.478 e. The number of H-pyrrole nitrogens is 2. The number of unbranched alkanes of at least 4 members (excludes halogenated alkanes) is 9. The van der Waals surface area contributed by atoms with E-state index in [9.17, 15) is 19.5 Å². The third kappa shape index (κ3) is 10.2. The number of hydrogen-bond acceptors (Lipinski definition) is 5. The van der Waals surface area contributed by atoms with Crippen LogP contribution in [0.1, 0.15) is 174 Å². The number of carboxylic acids is 1. The minimum atomic E-state index is -1.12. The van der Waals surface area contributed by atoms with Gasteiger partial charge in [0.05, 0.1) is 29.1 Å². The number of nitrogens with one attached hydrogen (secondary N) is 4. The first-order valence-corrected chi connectivity index (χ1v) is 21.8. The van der Waals surface area contributed by atoms with Gasteiger partial charge in [0.2, 0.25) is 11.8 Å². The molecule has 5 heterocycles. The fraction of sp³-hybridized carbons (Fsp3) is 0.521. The molecule has 0 aromatic carbocycles. The number of aryl methyl sites for hydroxylation is 3. The summed E-state index contributed by atoms with van der Waals surface area (Å²) in [6.07, 6.45) is 15.6. The molecule has 5 N–H and O–H groups in total. The zero-order valence-electron chi connectivity index (χ0n) is 36.1. The highest BCUT2D eigenvalue weighted by molar-refractivity contribution is 6.24. The highest BCUT2D eigenvalue weighted by atomic mass is 16.4. The normalized spacial score (nSPS) is 15.2. The van der Waals surface area contributed by atoms with Crippen LogP contribution in [0.25, 0.3) is 39.3 Å². The molecule has 2 amide bonds. The highest BCUT2D eigenvalue weighted by Gasteiger charge is 2.35. The smallest absolute Gasteiger partial charge is 0.338 e. The van der Waals surface area contributed by atoms with Gasteiger partial charge < -0.3 is 25.7 Å². The van der Waals surface area contributed by atoms with Gasteiger partial charge in [-0.05, 0) is 87.4 Å². The molecule has 2 aliphatic heterocycles. The van der Waals surface area contributed by atoms with Gasteiger partial charge >= 0.3 is 5.97 Å². The summed E-state index contributed by atoms with van der Waals surface area (Å²) >= 11 is 0. The van der Waals surface area contributed by atoms with E-state index in [1.165, 1.54) is 51.4 Å². The van der Waals surface area contributed by atoms with E-state index >= 15 is 0 Å². The van der Waals surface area contributed by atoms with Crippen molar-refractivity contribution in [2.75, 3.05) is 13.1 Å². The number of likely N-dealkylation sites (N-methyl/N-ethyl adjacent to an activating group) is 1. The molecule has 2 aliphatic rings. The van der Waals surface area contributed by atoms with E-state index in [1.807, 2.05) is 19.1 Å². The van der Waals surface area contributed by atoms with Crippen molar-refractivity contribution >= 4 is 57.1 Å². The summed E-state index contributed by atoms with van der Waals surface area (Å²) < 4.78 is 0. The molecular weight excluding hydrogens is 725 g/mol. The van der Waals surface area contributed by atoms with E-state index in [-0.39, 0.29) is 47.8 Å². The van der Waals surface area contributed by atoms with Crippen molar-refractivity contribution in [3.05, 3.63) is 75.4 Å². The number of rotatable bonds is 20. The van der Waals surface area contributed by atoms with Crippen molar-refractivity contribution in [2.45, 2.75) is 150 Å². The van der Waals surface area contributed by atoms with E-state index in [4.69, 9.17) is 9.97 Å². The SMILES string of the molecule is C=Cc1c(C)c2cc3nc(c(CC(=O)NCC)c4nc(cc5[nH]c(cc1[nH]2)c(C)c5CC)C(C)=C4C(=O)O)[C@@H](CCC(=O)NCCCCCCCCCCCC)[C@@H]3C. The molecule has 10 heteroatoms. The molecule has 58 heavy (non-hydrogen) atoms. The Hall–Kier alpha value is -4.99. The molecule has 0 fully saturated rings. The summed E-state index contributed by atoms with van der Waals surface area (Å²) in [7, 11) is 0. The van der Waals surface area contributed by atoms with Gasteiger partial charge in [0.15, 0.2) is 0 Å². The van der Waals surface area contributed by atoms with Crippen LogP contribution in [-0.4, -0.2) is 55.9 Å². The lowest BCUT2D eigenvalue weighted by Crippen LogP contribution is -2.26. The molecular formula is C48H66N6O4. The van der Waals surface area contributed by atoms with Crippen LogP contribution in [0.3, 0.4) is 0 Å².